The lowest BCUT2D eigenvalue weighted by Crippen LogP contribution is -2.20. The normalized spacial score (nSPS) is 11.6. The van der Waals surface area contributed by atoms with Gasteiger partial charge in [-0.2, -0.15) is 0 Å². The van der Waals surface area contributed by atoms with Crippen molar-refractivity contribution in [2.45, 2.75) is 12.9 Å². The highest BCUT2D eigenvalue weighted by Crippen LogP contribution is 2.22. The van der Waals surface area contributed by atoms with Crippen molar-refractivity contribution in [1.82, 2.24) is 5.32 Å². The highest BCUT2D eigenvalue weighted by Gasteiger charge is 2.30. The van der Waals surface area contributed by atoms with Gasteiger partial charge in [0.15, 0.2) is 0 Å². The van der Waals surface area contributed by atoms with Gasteiger partial charge in [-0.25, -0.2) is 0 Å². The Morgan fingerprint density at radius 3 is 2.35 bits per heavy atom. The lowest BCUT2D eigenvalue weighted by atomic mass is 10.2. The number of alkyl halides is 3. The lowest BCUT2D eigenvalue weighted by molar-refractivity contribution is -0.274. The minimum absolute atomic E-state index is 0.218. The molecule has 0 atom stereocenters. The molecule has 0 aliphatic heterocycles. The standard InChI is InChI=1S/C13H18F3NO3/c1-18-8-9-19-7-6-17-10-11-2-4-12(5-3-11)20-13(14,15)16/h2-5,17H,6-10H2,1H3. The minimum atomic E-state index is -4.65. The van der Waals surface area contributed by atoms with Gasteiger partial charge in [0.25, 0.3) is 0 Å². The van der Waals surface area contributed by atoms with Gasteiger partial charge in [-0.3, -0.25) is 0 Å². The molecule has 0 fully saturated rings. The molecule has 0 saturated carbocycles. The molecule has 0 bridgehead atoms. The number of ether oxygens (including phenoxy) is 3. The third-order valence-corrected chi connectivity index (χ3v) is 2.34. The van der Waals surface area contributed by atoms with Crippen LogP contribution in [0.2, 0.25) is 0 Å². The van der Waals surface area contributed by atoms with Crippen molar-refractivity contribution in [3.63, 3.8) is 0 Å². The van der Waals surface area contributed by atoms with Crippen LogP contribution in [0.15, 0.2) is 24.3 Å². The molecule has 0 amide bonds. The summed E-state index contributed by atoms with van der Waals surface area (Å²) in [5.41, 5.74) is 0.872. The Bertz CT molecular complexity index is 368. The first-order chi connectivity index (χ1) is 9.51. The minimum Gasteiger partial charge on any atom is -0.406 e. The van der Waals surface area contributed by atoms with E-state index in [0.717, 1.165) is 5.56 Å². The second-order valence-electron chi connectivity index (χ2n) is 3.97. The van der Waals surface area contributed by atoms with Crippen molar-refractivity contribution < 1.29 is 27.4 Å². The summed E-state index contributed by atoms with van der Waals surface area (Å²) < 4.78 is 49.7. The zero-order valence-corrected chi connectivity index (χ0v) is 11.2. The van der Waals surface area contributed by atoms with Crippen LogP contribution in [0.4, 0.5) is 13.2 Å². The molecule has 0 spiro atoms. The van der Waals surface area contributed by atoms with Gasteiger partial charge in [0, 0.05) is 20.2 Å². The first kappa shape index (κ1) is 16.7. The number of methoxy groups -OCH3 is 1. The summed E-state index contributed by atoms with van der Waals surface area (Å²) in [5.74, 6) is -0.218. The van der Waals surface area contributed by atoms with E-state index in [2.05, 4.69) is 10.1 Å². The maximum Gasteiger partial charge on any atom is 0.573 e. The first-order valence-electron chi connectivity index (χ1n) is 6.13. The van der Waals surface area contributed by atoms with Crippen molar-refractivity contribution in [2.24, 2.45) is 0 Å². The number of nitrogens with one attached hydrogen (secondary N) is 1. The number of hydrogen-bond acceptors (Lipinski definition) is 4. The molecule has 0 heterocycles. The van der Waals surface area contributed by atoms with Crippen molar-refractivity contribution in [1.29, 1.82) is 0 Å². The zero-order valence-electron chi connectivity index (χ0n) is 11.2. The molecule has 4 nitrogen and oxygen atoms in total. The van der Waals surface area contributed by atoms with E-state index >= 15 is 0 Å². The van der Waals surface area contributed by atoms with Crippen LogP contribution in [0.25, 0.3) is 0 Å². The van der Waals surface area contributed by atoms with Crippen LogP contribution in [-0.4, -0.2) is 39.8 Å². The number of hydrogen-bond donors (Lipinski definition) is 1. The summed E-state index contributed by atoms with van der Waals surface area (Å²) in [6.07, 6.45) is -4.65. The van der Waals surface area contributed by atoms with E-state index < -0.39 is 6.36 Å². The van der Waals surface area contributed by atoms with E-state index in [1.807, 2.05) is 0 Å². The smallest absolute Gasteiger partial charge is 0.406 e. The maximum absolute atomic E-state index is 12.0. The summed E-state index contributed by atoms with van der Waals surface area (Å²) in [4.78, 5) is 0. The summed E-state index contributed by atoms with van der Waals surface area (Å²) >= 11 is 0. The Hall–Kier alpha value is -1.31. The van der Waals surface area contributed by atoms with Gasteiger partial charge in [-0.05, 0) is 17.7 Å². The molecule has 1 N–H and O–H groups in total. The van der Waals surface area contributed by atoms with E-state index in [4.69, 9.17) is 9.47 Å². The van der Waals surface area contributed by atoms with Crippen LogP contribution >= 0.6 is 0 Å². The molecule has 20 heavy (non-hydrogen) atoms. The number of benzene rings is 1. The number of halogens is 3. The molecular weight excluding hydrogens is 275 g/mol. The third-order valence-electron chi connectivity index (χ3n) is 2.34. The molecule has 1 rings (SSSR count). The molecule has 1 aromatic carbocycles. The van der Waals surface area contributed by atoms with Crippen LogP contribution in [0.5, 0.6) is 5.75 Å². The van der Waals surface area contributed by atoms with Gasteiger partial charge in [0.2, 0.25) is 0 Å². The third kappa shape index (κ3) is 7.98. The predicted octanol–water partition coefficient (Wildman–Crippen LogP) is 2.34. The summed E-state index contributed by atoms with van der Waals surface area (Å²) in [6.45, 7) is 2.87. The second kappa shape index (κ2) is 8.78. The topological polar surface area (TPSA) is 39.7 Å². The SMILES string of the molecule is COCCOCCNCc1ccc(OC(F)(F)F)cc1. The van der Waals surface area contributed by atoms with E-state index in [1.165, 1.54) is 12.1 Å². The molecule has 7 heteroatoms. The Labute approximate surface area is 115 Å². The van der Waals surface area contributed by atoms with Crippen LogP contribution < -0.4 is 10.1 Å². The Balaban J connectivity index is 2.18. The Kier molecular flexibility index (Phi) is 7.35. The van der Waals surface area contributed by atoms with Crippen molar-refractivity contribution in [3.05, 3.63) is 29.8 Å². The molecule has 0 aliphatic carbocycles. The second-order valence-corrected chi connectivity index (χ2v) is 3.97. The average molecular weight is 293 g/mol. The Morgan fingerprint density at radius 2 is 1.75 bits per heavy atom. The molecule has 0 aliphatic rings. The van der Waals surface area contributed by atoms with Crippen LogP contribution in [0.3, 0.4) is 0 Å². The van der Waals surface area contributed by atoms with Gasteiger partial charge < -0.3 is 19.5 Å². The quantitative estimate of drug-likeness (QED) is 0.709. The van der Waals surface area contributed by atoms with E-state index in [0.29, 0.717) is 32.9 Å². The maximum atomic E-state index is 12.0. The van der Waals surface area contributed by atoms with Crippen LogP contribution in [0, 0.1) is 0 Å². The predicted molar refractivity (Wildman–Crippen MR) is 67.5 cm³/mol. The van der Waals surface area contributed by atoms with Gasteiger partial charge in [0.1, 0.15) is 5.75 Å². The van der Waals surface area contributed by atoms with Crippen molar-refractivity contribution in [3.8, 4) is 5.75 Å². The Morgan fingerprint density at radius 1 is 1.05 bits per heavy atom. The fraction of sp³-hybridized carbons (Fsp3) is 0.538. The number of rotatable bonds is 9. The van der Waals surface area contributed by atoms with Crippen molar-refractivity contribution in [2.75, 3.05) is 33.5 Å². The molecule has 0 saturated heterocycles. The molecular formula is C13H18F3NO3. The summed E-state index contributed by atoms with van der Waals surface area (Å²) in [7, 11) is 1.60. The molecule has 0 aromatic heterocycles. The summed E-state index contributed by atoms with van der Waals surface area (Å²) in [6, 6.07) is 5.75. The van der Waals surface area contributed by atoms with Crippen molar-refractivity contribution >= 4 is 0 Å². The first-order valence-corrected chi connectivity index (χ1v) is 6.13. The highest BCUT2D eigenvalue weighted by atomic mass is 19.4. The largest absolute Gasteiger partial charge is 0.573 e. The molecule has 114 valence electrons. The summed E-state index contributed by atoms with van der Waals surface area (Å²) in [5, 5.41) is 3.12. The monoisotopic (exact) mass is 293 g/mol. The van der Waals surface area contributed by atoms with E-state index in [9.17, 15) is 13.2 Å². The van der Waals surface area contributed by atoms with E-state index in [-0.39, 0.29) is 5.75 Å². The zero-order chi connectivity index (χ0) is 14.8. The highest BCUT2D eigenvalue weighted by molar-refractivity contribution is 5.27. The van der Waals surface area contributed by atoms with Gasteiger partial charge in [-0.1, -0.05) is 12.1 Å². The van der Waals surface area contributed by atoms with Gasteiger partial charge in [0.05, 0.1) is 19.8 Å². The fourth-order valence-corrected chi connectivity index (χ4v) is 1.43. The van der Waals surface area contributed by atoms with Gasteiger partial charge in [-0.15, -0.1) is 13.2 Å². The molecule has 1 aromatic rings. The van der Waals surface area contributed by atoms with Crippen LogP contribution in [0.1, 0.15) is 5.56 Å². The average Bonchev–Trinajstić information content (AvgIpc) is 2.38. The van der Waals surface area contributed by atoms with E-state index in [1.54, 1.807) is 19.2 Å². The molecule has 0 radical (unpaired) electrons. The lowest BCUT2D eigenvalue weighted by Gasteiger charge is -2.10. The van der Waals surface area contributed by atoms with Gasteiger partial charge >= 0.3 is 6.36 Å². The fourth-order valence-electron chi connectivity index (χ4n) is 1.43. The molecule has 0 unspecified atom stereocenters. The van der Waals surface area contributed by atoms with Crippen LogP contribution in [-0.2, 0) is 16.0 Å².